The summed E-state index contributed by atoms with van der Waals surface area (Å²) in [6.07, 6.45) is 6.30. The van der Waals surface area contributed by atoms with E-state index < -0.39 is 5.92 Å². The molecular weight excluding hydrogens is 254 g/mol. The van der Waals surface area contributed by atoms with Gasteiger partial charge in [0.15, 0.2) is 5.84 Å². The molecule has 1 aliphatic carbocycles. The highest BCUT2D eigenvalue weighted by Gasteiger charge is 2.37. The molecule has 0 aromatic heterocycles. The van der Waals surface area contributed by atoms with Crippen molar-refractivity contribution in [1.29, 1.82) is 0 Å². The van der Waals surface area contributed by atoms with Crippen LogP contribution in [-0.4, -0.2) is 34.9 Å². The molecule has 20 heavy (non-hydrogen) atoms. The van der Waals surface area contributed by atoms with Gasteiger partial charge in [0.05, 0.1) is 0 Å². The van der Waals surface area contributed by atoms with Crippen molar-refractivity contribution in [2.24, 2.45) is 34.6 Å². The molecule has 2 fully saturated rings. The fourth-order valence-corrected chi connectivity index (χ4v) is 3.81. The molecule has 3 N–H and O–H groups in total. The van der Waals surface area contributed by atoms with Gasteiger partial charge in [0.25, 0.3) is 0 Å². The van der Waals surface area contributed by atoms with Gasteiger partial charge in [0.1, 0.15) is 5.92 Å². The van der Waals surface area contributed by atoms with Crippen LogP contribution in [0.2, 0.25) is 0 Å². The number of likely N-dealkylation sites (tertiary alicyclic amines) is 1. The van der Waals surface area contributed by atoms with Crippen molar-refractivity contribution in [3.8, 4) is 0 Å². The van der Waals surface area contributed by atoms with E-state index in [1.807, 2.05) is 18.7 Å². The molecule has 1 amide bonds. The largest absolute Gasteiger partial charge is 0.409 e. The standard InChI is InChI=1S/C15H27N3O2/c1-10(2)13(14(16)17-20)15(19)18-8-7-11-5-3-4-6-12(11)9-18/h10-13,20H,3-9H2,1-2H3,(H2,16,17). The summed E-state index contributed by atoms with van der Waals surface area (Å²) >= 11 is 0. The van der Waals surface area contributed by atoms with Crippen LogP contribution < -0.4 is 5.73 Å². The summed E-state index contributed by atoms with van der Waals surface area (Å²) in [7, 11) is 0. The summed E-state index contributed by atoms with van der Waals surface area (Å²) in [6.45, 7) is 5.55. The maximum Gasteiger partial charge on any atom is 0.233 e. The Balaban J connectivity index is 2.04. The molecule has 1 saturated carbocycles. The second-order valence-electron chi connectivity index (χ2n) is 6.62. The Morgan fingerprint density at radius 3 is 2.50 bits per heavy atom. The van der Waals surface area contributed by atoms with Crippen molar-refractivity contribution in [3.05, 3.63) is 0 Å². The Hall–Kier alpha value is -1.26. The number of fused-ring (bicyclic) bond motifs is 1. The predicted molar refractivity (Wildman–Crippen MR) is 78.4 cm³/mol. The fraction of sp³-hybridized carbons (Fsp3) is 0.867. The van der Waals surface area contributed by atoms with Crippen LogP contribution in [0.1, 0.15) is 46.0 Å². The smallest absolute Gasteiger partial charge is 0.233 e. The first-order valence-corrected chi connectivity index (χ1v) is 7.80. The van der Waals surface area contributed by atoms with E-state index in [1.165, 1.54) is 25.7 Å². The molecule has 5 nitrogen and oxygen atoms in total. The van der Waals surface area contributed by atoms with Crippen LogP contribution in [0.15, 0.2) is 5.16 Å². The molecule has 0 bridgehead atoms. The monoisotopic (exact) mass is 281 g/mol. The third kappa shape index (κ3) is 3.07. The number of hydrogen-bond donors (Lipinski definition) is 2. The van der Waals surface area contributed by atoms with E-state index in [0.29, 0.717) is 5.92 Å². The topological polar surface area (TPSA) is 78.9 Å². The number of oxime groups is 1. The van der Waals surface area contributed by atoms with E-state index in [4.69, 9.17) is 10.9 Å². The fourth-order valence-electron chi connectivity index (χ4n) is 3.81. The quantitative estimate of drug-likeness (QED) is 0.359. The van der Waals surface area contributed by atoms with Crippen LogP contribution in [0.3, 0.4) is 0 Å². The first kappa shape index (κ1) is 15.1. The molecule has 0 aromatic carbocycles. The average Bonchev–Trinajstić information content (AvgIpc) is 2.46. The van der Waals surface area contributed by atoms with E-state index in [9.17, 15) is 4.79 Å². The van der Waals surface area contributed by atoms with Gasteiger partial charge in [-0.3, -0.25) is 4.79 Å². The van der Waals surface area contributed by atoms with Crippen molar-refractivity contribution >= 4 is 11.7 Å². The molecule has 1 saturated heterocycles. The van der Waals surface area contributed by atoms with Gasteiger partial charge in [0, 0.05) is 13.1 Å². The average molecular weight is 281 g/mol. The molecule has 5 heteroatoms. The number of carbonyl (C=O) groups excluding carboxylic acids is 1. The predicted octanol–water partition coefficient (Wildman–Crippen LogP) is 2.04. The first-order valence-electron chi connectivity index (χ1n) is 7.80. The summed E-state index contributed by atoms with van der Waals surface area (Å²) in [4.78, 5) is 14.6. The zero-order chi connectivity index (χ0) is 14.7. The lowest BCUT2D eigenvalue weighted by molar-refractivity contribution is -0.137. The minimum atomic E-state index is -0.500. The minimum absolute atomic E-state index is 0.0272. The molecule has 0 spiro atoms. The third-order valence-electron chi connectivity index (χ3n) is 4.97. The molecule has 3 atom stereocenters. The Morgan fingerprint density at radius 1 is 1.25 bits per heavy atom. The van der Waals surface area contributed by atoms with Gasteiger partial charge in [-0.05, 0) is 30.6 Å². The maximum atomic E-state index is 12.7. The molecule has 1 aliphatic heterocycles. The normalized spacial score (nSPS) is 29.1. The molecule has 0 aromatic rings. The molecule has 0 radical (unpaired) electrons. The minimum Gasteiger partial charge on any atom is -0.409 e. The molecule has 2 aliphatic rings. The number of rotatable bonds is 3. The van der Waals surface area contributed by atoms with Crippen LogP contribution in [0, 0.1) is 23.7 Å². The van der Waals surface area contributed by atoms with Crippen molar-refractivity contribution in [2.45, 2.75) is 46.0 Å². The van der Waals surface area contributed by atoms with Crippen molar-refractivity contribution in [2.75, 3.05) is 13.1 Å². The van der Waals surface area contributed by atoms with E-state index in [2.05, 4.69) is 5.16 Å². The number of amides is 1. The molecule has 114 valence electrons. The van der Waals surface area contributed by atoms with Gasteiger partial charge >= 0.3 is 0 Å². The van der Waals surface area contributed by atoms with Gasteiger partial charge in [-0.25, -0.2) is 0 Å². The highest BCUT2D eigenvalue weighted by atomic mass is 16.4. The number of nitrogens with zero attached hydrogens (tertiary/aromatic N) is 2. The van der Waals surface area contributed by atoms with Crippen LogP contribution in [-0.2, 0) is 4.79 Å². The van der Waals surface area contributed by atoms with Gasteiger partial charge in [0.2, 0.25) is 5.91 Å². The summed E-state index contributed by atoms with van der Waals surface area (Å²) < 4.78 is 0. The summed E-state index contributed by atoms with van der Waals surface area (Å²) in [5.74, 6) is 1.06. The SMILES string of the molecule is CC(C)C(C(=O)N1CCC2CCCCC2C1)C(N)=NO. The van der Waals surface area contributed by atoms with Crippen LogP contribution in [0.4, 0.5) is 0 Å². The third-order valence-corrected chi connectivity index (χ3v) is 4.97. The lowest BCUT2D eigenvalue weighted by Gasteiger charge is -2.42. The molecule has 2 rings (SSSR count). The van der Waals surface area contributed by atoms with Crippen molar-refractivity contribution in [3.63, 3.8) is 0 Å². The van der Waals surface area contributed by atoms with E-state index >= 15 is 0 Å². The zero-order valence-corrected chi connectivity index (χ0v) is 12.6. The lowest BCUT2D eigenvalue weighted by atomic mass is 9.75. The molecule has 1 heterocycles. The zero-order valence-electron chi connectivity index (χ0n) is 12.6. The maximum absolute atomic E-state index is 12.7. The van der Waals surface area contributed by atoms with Crippen LogP contribution in [0.5, 0.6) is 0 Å². The van der Waals surface area contributed by atoms with Crippen molar-refractivity contribution < 1.29 is 10.0 Å². The Morgan fingerprint density at radius 2 is 1.90 bits per heavy atom. The van der Waals surface area contributed by atoms with Crippen LogP contribution >= 0.6 is 0 Å². The lowest BCUT2D eigenvalue weighted by Crippen LogP contribution is -2.50. The van der Waals surface area contributed by atoms with Crippen LogP contribution in [0.25, 0.3) is 0 Å². The van der Waals surface area contributed by atoms with Crippen molar-refractivity contribution in [1.82, 2.24) is 4.90 Å². The number of amidine groups is 1. The number of nitrogens with two attached hydrogens (primary N) is 1. The number of carbonyl (C=O) groups is 1. The summed E-state index contributed by atoms with van der Waals surface area (Å²) in [6, 6.07) is 0. The van der Waals surface area contributed by atoms with Gasteiger partial charge < -0.3 is 15.8 Å². The Kier molecular flexibility index (Phi) is 4.89. The highest BCUT2D eigenvalue weighted by Crippen LogP contribution is 2.36. The van der Waals surface area contributed by atoms with Gasteiger partial charge in [-0.2, -0.15) is 0 Å². The van der Waals surface area contributed by atoms with Gasteiger partial charge in [-0.1, -0.05) is 38.3 Å². The Bertz CT molecular complexity index is 381. The highest BCUT2D eigenvalue weighted by molar-refractivity contribution is 6.02. The van der Waals surface area contributed by atoms with Gasteiger partial charge in [-0.15, -0.1) is 0 Å². The summed E-state index contributed by atoms with van der Waals surface area (Å²) in [5.41, 5.74) is 5.71. The second kappa shape index (κ2) is 6.46. The number of piperidine rings is 1. The molecular formula is C15H27N3O2. The Labute approximate surface area is 121 Å². The number of hydrogen-bond acceptors (Lipinski definition) is 3. The second-order valence-corrected chi connectivity index (χ2v) is 6.62. The van der Waals surface area contributed by atoms with E-state index in [0.717, 1.165) is 25.4 Å². The first-order chi connectivity index (χ1) is 9.54. The summed E-state index contributed by atoms with van der Waals surface area (Å²) in [5, 5.41) is 11.9. The molecule has 3 unspecified atom stereocenters. The van der Waals surface area contributed by atoms with E-state index in [1.54, 1.807) is 0 Å². The van der Waals surface area contributed by atoms with E-state index in [-0.39, 0.29) is 17.7 Å².